The number of aryl methyl sites for hydroxylation is 5. The predicted molar refractivity (Wildman–Crippen MR) is 312 cm³/mol. The van der Waals surface area contributed by atoms with Crippen LogP contribution in [-0.4, -0.2) is 175 Å². The van der Waals surface area contributed by atoms with Crippen LogP contribution in [0.25, 0.3) is 0 Å². The molecule has 402 valence electrons. The van der Waals surface area contributed by atoms with E-state index < -0.39 is 27.3 Å². The van der Waals surface area contributed by atoms with Gasteiger partial charge in [0.1, 0.15) is 28.6 Å². The van der Waals surface area contributed by atoms with E-state index in [2.05, 4.69) is 62.0 Å². The largest absolute Gasteiger partial charge is 0.477 e. The molecule has 6 aromatic rings. The Kier molecular flexibility index (Phi) is 42.0. The van der Waals surface area contributed by atoms with E-state index in [1.807, 2.05) is 75.0 Å². The first kappa shape index (κ1) is 73.9. The smallest absolute Gasteiger partial charge is 0.354 e. The number of carboxylic acids is 1. The fourth-order valence-electron chi connectivity index (χ4n) is 5.74. The average molecular weight is 1510 g/mol. The molecule has 27 heteroatoms. The number of hydrogen-bond acceptors (Lipinski definition) is 18. The van der Waals surface area contributed by atoms with E-state index in [1.165, 1.54) is 31.3 Å². The van der Waals surface area contributed by atoms with E-state index in [4.69, 9.17) is 22.1 Å². The average Bonchev–Trinajstić information content (AvgIpc) is 3.46. The number of aromatic carboxylic acids is 1. The maximum absolute atomic E-state index is 12.7. The molecule has 6 rings (SSSR count). The van der Waals surface area contributed by atoms with Crippen LogP contribution in [0, 0.1) is 5.82 Å². The maximum Gasteiger partial charge on any atom is 0.354 e. The Hall–Kier alpha value is -3.06. The number of halogens is 1. The zero-order valence-electron chi connectivity index (χ0n) is 44.2. The van der Waals surface area contributed by atoms with Crippen molar-refractivity contribution in [1.82, 2.24) is 29.9 Å². The van der Waals surface area contributed by atoms with Gasteiger partial charge in [0.25, 0.3) is 0 Å². The zero-order valence-corrected chi connectivity index (χ0v) is 61.7. The minimum Gasteiger partial charge on any atom is -0.477 e. The summed E-state index contributed by atoms with van der Waals surface area (Å²) in [5.74, 6) is -2.23. The maximum atomic E-state index is 12.7. The Bertz CT molecular complexity index is 2690. The van der Waals surface area contributed by atoms with Gasteiger partial charge in [0.2, 0.25) is 0 Å². The van der Waals surface area contributed by atoms with Gasteiger partial charge >= 0.3 is 254 Å². The van der Waals surface area contributed by atoms with Gasteiger partial charge in [-0.15, -0.1) is 0 Å². The van der Waals surface area contributed by atoms with Crippen LogP contribution >= 0.6 is 30.5 Å². The number of methoxy groups -OCH3 is 1. The molecule has 0 atom stereocenters. The fraction of sp³-hybridized carbons (Fsp3) is 0.280. The SMILES string of the molecule is CCCc1cc(OC)cc(C(=O)[O][AlH])n1.CCCc1cccc(C(=O)[O][AlH])n1.CCc1cccc(C(=O)[O][AlH])n1.CCc1cccc(C(=O)[S][InH])n1.CCc1cccc(C(=S)[S][GaH])n1.C[SiH2]c1cc(F)cc(C(=O)O)n1.[Ir]. The minimum absolute atomic E-state index is 0. The number of hydrogen-bond donors (Lipinski definition) is 1. The molecule has 6 radical (unpaired) electrons. The number of ether oxygens (including phenoxy) is 1. The minimum atomic E-state index is -1.18. The van der Waals surface area contributed by atoms with Crippen LogP contribution in [0.5, 0.6) is 5.75 Å². The number of thiocarbonyl (C=S) groups is 1. The van der Waals surface area contributed by atoms with Crippen LogP contribution < -0.4 is 10.1 Å². The molecule has 0 spiro atoms. The second kappa shape index (κ2) is 43.7. The summed E-state index contributed by atoms with van der Waals surface area (Å²) in [7, 11) is 4.02. The van der Waals surface area contributed by atoms with Crippen molar-refractivity contribution in [3.8, 4) is 5.75 Å². The molecule has 6 heterocycles. The number of aromatic nitrogens is 6. The number of nitrogens with zero attached hydrogens (tertiary/aromatic N) is 6. The van der Waals surface area contributed by atoms with Crippen molar-refractivity contribution in [2.24, 2.45) is 0 Å². The molecule has 0 amide bonds. The second-order valence-electron chi connectivity index (χ2n) is 15.0. The second-order valence-corrected chi connectivity index (χ2v) is 23.6. The molecular weight excluding hydrogens is 1450 g/mol. The fourth-order valence-corrected chi connectivity index (χ4v) is 9.74. The summed E-state index contributed by atoms with van der Waals surface area (Å²) < 4.78 is 32.5. The third kappa shape index (κ3) is 29.8. The van der Waals surface area contributed by atoms with Gasteiger partial charge in [0.05, 0.1) is 16.6 Å². The van der Waals surface area contributed by atoms with Gasteiger partial charge in [-0.25, -0.2) is 38.5 Å². The molecule has 0 saturated heterocycles. The molecule has 0 aromatic carbocycles. The molecule has 0 aliphatic heterocycles. The molecule has 0 bridgehead atoms. The van der Waals surface area contributed by atoms with Crippen LogP contribution in [0.2, 0.25) is 6.55 Å². The zero-order chi connectivity index (χ0) is 57.0. The van der Waals surface area contributed by atoms with E-state index in [-0.39, 0.29) is 42.9 Å². The Morgan fingerprint density at radius 2 is 1.04 bits per heavy atom. The van der Waals surface area contributed by atoms with Gasteiger partial charge in [-0.05, 0) is 49.6 Å². The Balaban J connectivity index is 0.000000899. The molecular formula is C50H59Al3FGaInIrN6O10S3Si. The van der Waals surface area contributed by atoms with Crippen molar-refractivity contribution in [2.45, 2.75) is 86.1 Å². The topological polar surface area (TPSA) is 220 Å². The van der Waals surface area contributed by atoms with Crippen molar-refractivity contribution in [1.29, 1.82) is 0 Å². The Morgan fingerprint density at radius 3 is 1.47 bits per heavy atom. The van der Waals surface area contributed by atoms with E-state index in [0.29, 0.717) is 56.8 Å². The van der Waals surface area contributed by atoms with E-state index in [9.17, 15) is 28.4 Å². The van der Waals surface area contributed by atoms with Gasteiger partial charge < -0.3 is 21.2 Å². The molecule has 0 unspecified atom stereocenters. The summed E-state index contributed by atoms with van der Waals surface area (Å²) in [5.41, 5.74) is 7.21. The summed E-state index contributed by atoms with van der Waals surface area (Å²) in [5, 5.41) is 9.21. The Labute approximate surface area is 527 Å². The van der Waals surface area contributed by atoms with Gasteiger partial charge in [-0.3, -0.25) is 4.98 Å². The third-order valence-electron chi connectivity index (χ3n) is 9.54. The van der Waals surface area contributed by atoms with Crippen molar-refractivity contribution < 1.29 is 69.7 Å². The summed E-state index contributed by atoms with van der Waals surface area (Å²) in [6.07, 6.45) is 6.40. The summed E-state index contributed by atoms with van der Waals surface area (Å²) in [6.45, 7) is 12.2. The summed E-state index contributed by atoms with van der Waals surface area (Å²) in [6, 6.07) is 28.0. The van der Waals surface area contributed by atoms with Gasteiger partial charge in [0, 0.05) is 60.7 Å². The standard InChI is InChI=1S/C10H13NO3.C9H11NO2.C8H9NO2.C8H9NOS.C8H9NS2.C7H8FNO2Si.3Al.Ga.In.Ir.5H/c1-3-4-7-5-8(14-2)6-9(11-7)10(12)13;1-2-4-7-5-3-6-8(10-7)9(11)12;3*1-2-6-4-3-5-7(9-6)8(10)11;1-12-6-3-4(8)2-5(9-6)7(10)11;;;;;;;;;;;/h5-6H,3-4H2,1-2H3,(H,12,13);3,5-6H,2,4H2,1H3,(H,11,12);3*3-5H,2H2,1H3,(H,10,11);2-3H,12H2,1H3,(H,10,11);;;;;;;;;;;/q;;;;;;5*+1;;;;;;/p-5. The number of carbonyl (C=O) groups excluding carboxylic acids is 4. The molecule has 0 aliphatic carbocycles. The Morgan fingerprint density at radius 1 is 0.623 bits per heavy atom. The van der Waals surface area contributed by atoms with Crippen LogP contribution in [-0.2, 0) is 63.6 Å². The predicted octanol–water partition coefficient (Wildman–Crippen LogP) is 5.60. The third-order valence-corrected chi connectivity index (χ3v) is 18.3. The van der Waals surface area contributed by atoms with E-state index >= 15 is 0 Å². The van der Waals surface area contributed by atoms with Crippen molar-refractivity contribution in [3.63, 3.8) is 0 Å². The van der Waals surface area contributed by atoms with Gasteiger partial charge in [-0.2, -0.15) is 0 Å². The van der Waals surface area contributed by atoms with Crippen LogP contribution in [0.15, 0.2) is 97.1 Å². The molecule has 0 aliphatic rings. The normalized spacial score (nSPS) is 9.71. The summed E-state index contributed by atoms with van der Waals surface area (Å²) >= 11 is 10.4. The van der Waals surface area contributed by atoms with Crippen molar-refractivity contribution in [2.75, 3.05) is 7.11 Å². The van der Waals surface area contributed by atoms with Crippen LogP contribution in [0.1, 0.15) is 134 Å². The molecule has 6 aromatic heterocycles. The summed E-state index contributed by atoms with van der Waals surface area (Å²) in [4.78, 5) is 79.9. The first-order valence-corrected chi connectivity index (χ1v) is 38.4. The molecule has 77 heavy (non-hydrogen) atoms. The monoisotopic (exact) mass is 1500 g/mol. The molecule has 1 N–H and O–H groups in total. The quantitative estimate of drug-likeness (QED) is 0.0751. The van der Waals surface area contributed by atoms with E-state index in [1.54, 1.807) is 47.1 Å². The first-order chi connectivity index (χ1) is 36.4. The number of carboxylic acid groups (broad SMARTS) is 1. The molecule has 0 fully saturated rings. The van der Waals surface area contributed by atoms with Gasteiger partial charge in [0.15, 0.2) is 5.69 Å². The van der Waals surface area contributed by atoms with Crippen LogP contribution in [0.3, 0.4) is 0 Å². The number of pyridine rings is 6. The van der Waals surface area contributed by atoms with E-state index in [0.717, 1.165) is 140 Å². The number of carbonyl (C=O) groups is 5. The first-order valence-electron chi connectivity index (χ1n) is 23.5. The van der Waals surface area contributed by atoms with Gasteiger partial charge in [-0.1, -0.05) is 52.3 Å². The molecule has 16 nitrogen and oxygen atoms in total. The van der Waals surface area contributed by atoms with Crippen molar-refractivity contribution in [3.05, 3.63) is 166 Å². The molecule has 0 saturated carbocycles. The number of rotatable bonds is 15. The van der Waals surface area contributed by atoms with Crippen LogP contribution in [0.4, 0.5) is 4.39 Å². The van der Waals surface area contributed by atoms with Crippen molar-refractivity contribution >= 4 is 169 Å².